The van der Waals surface area contributed by atoms with E-state index in [1.807, 2.05) is 11.8 Å². The van der Waals surface area contributed by atoms with Gasteiger partial charge in [-0.15, -0.1) is 11.8 Å². The zero-order valence-corrected chi connectivity index (χ0v) is 11.7. The second-order valence-corrected chi connectivity index (χ2v) is 6.16. The first-order valence-corrected chi connectivity index (χ1v) is 7.64. The highest BCUT2D eigenvalue weighted by Crippen LogP contribution is 2.32. The summed E-state index contributed by atoms with van der Waals surface area (Å²) in [4.78, 5) is 1.43. The van der Waals surface area contributed by atoms with Gasteiger partial charge in [0.15, 0.2) is 0 Å². The van der Waals surface area contributed by atoms with Crippen molar-refractivity contribution < 1.29 is 0 Å². The van der Waals surface area contributed by atoms with Crippen LogP contribution >= 0.6 is 11.8 Å². The lowest BCUT2D eigenvalue weighted by Gasteiger charge is -2.29. The standard InChI is InChI=1S/C15H23NS/c1-12-6-3-4-9-15(12)17-11-14(16-2)10-13-7-5-8-13/h3-4,6,9,13-14,16H,5,7-8,10-11H2,1-2H3. The molecule has 0 bridgehead atoms. The Kier molecular flexibility index (Phi) is 4.93. The molecule has 1 atom stereocenters. The molecule has 1 saturated carbocycles. The number of benzene rings is 1. The molecule has 0 saturated heterocycles. The molecule has 1 aromatic rings. The minimum Gasteiger partial charge on any atom is -0.316 e. The van der Waals surface area contributed by atoms with Crippen molar-refractivity contribution in [1.29, 1.82) is 0 Å². The number of rotatable bonds is 6. The van der Waals surface area contributed by atoms with Crippen molar-refractivity contribution in [3.05, 3.63) is 29.8 Å². The summed E-state index contributed by atoms with van der Waals surface area (Å²) in [5, 5.41) is 3.47. The Morgan fingerprint density at radius 3 is 2.71 bits per heavy atom. The van der Waals surface area contributed by atoms with Crippen LogP contribution in [0.15, 0.2) is 29.2 Å². The molecule has 1 fully saturated rings. The fourth-order valence-corrected chi connectivity index (χ4v) is 3.46. The first-order valence-electron chi connectivity index (χ1n) is 6.65. The molecule has 0 spiro atoms. The second kappa shape index (κ2) is 6.46. The van der Waals surface area contributed by atoms with E-state index in [0.29, 0.717) is 6.04 Å². The maximum absolute atomic E-state index is 3.47. The van der Waals surface area contributed by atoms with Crippen LogP contribution in [-0.4, -0.2) is 18.8 Å². The highest BCUT2D eigenvalue weighted by Gasteiger charge is 2.21. The fourth-order valence-electron chi connectivity index (χ4n) is 2.31. The van der Waals surface area contributed by atoms with Gasteiger partial charge in [-0.05, 0) is 37.9 Å². The summed E-state index contributed by atoms with van der Waals surface area (Å²) in [7, 11) is 2.10. The van der Waals surface area contributed by atoms with Crippen LogP contribution in [0.3, 0.4) is 0 Å². The van der Waals surface area contributed by atoms with Crippen LogP contribution < -0.4 is 5.32 Å². The molecule has 0 aliphatic heterocycles. The number of hydrogen-bond donors (Lipinski definition) is 1. The van der Waals surface area contributed by atoms with E-state index < -0.39 is 0 Å². The lowest BCUT2D eigenvalue weighted by atomic mass is 9.81. The number of nitrogens with one attached hydrogen (secondary N) is 1. The van der Waals surface area contributed by atoms with Crippen molar-refractivity contribution in [3.63, 3.8) is 0 Å². The molecule has 1 aromatic carbocycles. The Labute approximate surface area is 109 Å². The number of aryl methyl sites for hydroxylation is 1. The molecule has 1 unspecified atom stereocenters. The molecular weight excluding hydrogens is 226 g/mol. The fraction of sp³-hybridized carbons (Fsp3) is 0.600. The van der Waals surface area contributed by atoms with Gasteiger partial charge in [-0.1, -0.05) is 37.5 Å². The van der Waals surface area contributed by atoms with Crippen molar-refractivity contribution in [2.45, 2.75) is 43.5 Å². The van der Waals surface area contributed by atoms with Gasteiger partial charge < -0.3 is 5.32 Å². The molecule has 0 heterocycles. The molecule has 1 aliphatic rings. The van der Waals surface area contributed by atoms with Crippen LogP contribution in [0.25, 0.3) is 0 Å². The predicted octanol–water partition coefficient (Wildman–Crippen LogP) is 3.87. The van der Waals surface area contributed by atoms with Gasteiger partial charge in [-0.25, -0.2) is 0 Å². The molecule has 0 aromatic heterocycles. The maximum Gasteiger partial charge on any atom is 0.0161 e. The van der Waals surface area contributed by atoms with Crippen molar-refractivity contribution in [2.24, 2.45) is 5.92 Å². The van der Waals surface area contributed by atoms with Gasteiger partial charge in [-0.2, -0.15) is 0 Å². The lowest BCUT2D eigenvalue weighted by molar-refractivity contribution is 0.272. The van der Waals surface area contributed by atoms with E-state index in [4.69, 9.17) is 0 Å². The van der Waals surface area contributed by atoms with E-state index in [9.17, 15) is 0 Å². The summed E-state index contributed by atoms with van der Waals surface area (Å²) >= 11 is 1.99. The van der Waals surface area contributed by atoms with Gasteiger partial charge in [0.1, 0.15) is 0 Å². The maximum atomic E-state index is 3.47. The van der Waals surface area contributed by atoms with Gasteiger partial charge >= 0.3 is 0 Å². The third kappa shape index (κ3) is 3.75. The summed E-state index contributed by atoms with van der Waals surface area (Å²) in [6.45, 7) is 2.20. The Morgan fingerprint density at radius 1 is 1.35 bits per heavy atom. The Hall–Kier alpha value is -0.470. The van der Waals surface area contributed by atoms with Crippen LogP contribution in [0.1, 0.15) is 31.2 Å². The van der Waals surface area contributed by atoms with Crippen molar-refractivity contribution in [3.8, 4) is 0 Å². The first kappa shape index (κ1) is 13.0. The quantitative estimate of drug-likeness (QED) is 0.768. The van der Waals surface area contributed by atoms with Crippen LogP contribution in [-0.2, 0) is 0 Å². The molecule has 0 radical (unpaired) electrons. The minimum atomic E-state index is 0.671. The van der Waals surface area contributed by atoms with Crippen LogP contribution in [0.2, 0.25) is 0 Å². The zero-order chi connectivity index (χ0) is 12.1. The third-order valence-electron chi connectivity index (χ3n) is 3.78. The SMILES string of the molecule is CNC(CSc1ccccc1C)CC1CCC1. The molecule has 17 heavy (non-hydrogen) atoms. The smallest absolute Gasteiger partial charge is 0.0161 e. The van der Waals surface area contributed by atoms with Crippen LogP contribution in [0.5, 0.6) is 0 Å². The van der Waals surface area contributed by atoms with E-state index in [0.717, 1.165) is 5.92 Å². The summed E-state index contributed by atoms with van der Waals surface area (Å²) in [5.74, 6) is 2.18. The summed E-state index contributed by atoms with van der Waals surface area (Å²) in [6, 6.07) is 9.35. The highest BCUT2D eigenvalue weighted by molar-refractivity contribution is 7.99. The van der Waals surface area contributed by atoms with Crippen LogP contribution in [0.4, 0.5) is 0 Å². The van der Waals surface area contributed by atoms with Crippen LogP contribution in [0, 0.1) is 12.8 Å². The zero-order valence-electron chi connectivity index (χ0n) is 10.9. The van der Waals surface area contributed by atoms with E-state index in [1.54, 1.807) is 0 Å². The van der Waals surface area contributed by atoms with E-state index in [-0.39, 0.29) is 0 Å². The number of thioether (sulfide) groups is 1. The molecule has 94 valence electrons. The second-order valence-electron chi connectivity index (χ2n) is 5.09. The largest absolute Gasteiger partial charge is 0.316 e. The monoisotopic (exact) mass is 249 g/mol. The normalized spacial score (nSPS) is 17.8. The molecule has 1 aliphatic carbocycles. The average Bonchev–Trinajstić information content (AvgIpc) is 2.29. The Balaban J connectivity index is 1.80. The van der Waals surface area contributed by atoms with Crippen molar-refractivity contribution >= 4 is 11.8 Å². The molecular formula is C15H23NS. The van der Waals surface area contributed by atoms with Gasteiger partial charge in [-0.3, -0.25) is 0 Å². The van der Waals surface area contributed by atoms with Gasteiger partial charge in [0, 0.05) is 16.7 Å². The summed E-state index contributed by atoms with van der Waals surface area (Å²) in [5.41, 5.74) is 1.40. The topological polar surface area (TPSA) is 12.0 Å². The summed E-state index contributed by atoms with van der Waals surface area (Å²) in [6.07, 6.45) is 5.71. The number of hydrogen-bond acceptors (Lipinski definition) is 2. The van der Waals surface area contributed by atoms with Gasteiger partial charge in [0.2, 0.25) is 0 Å². The average molecular weight is 249 g/mol. The Bertz CT molecular complexity index is 347. The molecule has 2 rings (SSSR count). The Morgan fingerprint density at radius 2 is 2.12 bits per heavy atom. The van der Waals surface area contributed by atoms with Crippen molar-refractivity contribution in [1.82, 2.24) is 5.32 Å². The van der Waals surface area contributed by atoms with E-state index in [2.05, 4.69) is 43.6 Å². The molecule has 1 nitrogen and oxygen atoms in total. The van der Waals surface area contributed by atoms with E-state index in [1.165, 1.54) is 41.9 Å². The van der Waals surface area contributed by atoms with E-state index >= 15 is 0 Å². The first-order chi connectivity index (χ1) is 8.29. The van der Waals surface area contributed by atoms with Gasteiger partial charge in [0.25, 0.3) is 0 Å². The summed E-state index contributed by atoms with van der Waals surface area (Å²) < 4.78 is 0. The predicted molar refractivity (Wildman–Crippen MR) is 76.7 cm³/mol. The highest BCUT2D eigenvalue weighted by atomic mass is 32.2. The third-order valence-corrected chi connectivity index (χ3v) is 5.12. The molecule has 1 N–H and O–H groups in total. The molecule has 2 heteroatoms. The molecule has 0 amide bonds. The minimum absolute atomic E-state index is 0.671. The van der Waals surface area contributed by atoms with Gasteiger partial charge in [0.05, 0.1) is 0 Å². The van der Waals surface area contributed by atoms with Crippen molar-refractivity contribution in [2.75, 3.05) is 12.8 Å². The lowest BCUT2D eigenvalue weighted by Crippen LogP contribution is -2.32.